The summed E-state index contributed by atoms with van der Waals surface area (Å²) >= 11 is 0. The summed E-state index contributed by atoms with van der Waals surface area (Å²) in [6, 6.07) is 15.0. The minimum atomic E-state index is 0.672. The summed E-state index contributed by atoms with van der Waals surface area (Å²) in [4.78, 5) is 6.90. The molecule has 3 rings (SSSR count). The molecule has 3 nitrogen and oxygen atoms in total. The van der Waals surface area contributed by atoms with Gasteiger partial charge in [0, 0.05) is 31.9 Å². The molecule has 2 heterocycles. The van der Waals surface area contributed by atoms with Gasteiger partial charge in [0.15, 0.2) is 0 Å². The fourth-order valence-electron chi connectivity index (χ4n) is 3.01. The lowest BCUT2D eigenvalue weighted by Gasteiger charge is -2.17. The average molecular weight is 267 g/mol. The first-order chi connectivity index (χ1) is 9.86. The van der Waals surface area contributed by atoms with Crippen molar-refractivity contribution in [1.82, 2.24) is 9.88 Å². The summed E-state index contributed by atoms with van der Waals surface area (Å²) < 4.78 is 0. The minimum absolute atomic E-state index is 0.672. The lowest BCUT2D eigenvalue weighted by Crippen LogP contribution is -2.20. The van der Waals surface area contributed by atoms with Crippen LogP contribution in [0, 0.1) is 0 Å². The number of nitrogens with one attached hydrogen (secondary N) is 1. The van der Waals surface area contributed by atoms with E-state index in [-0.39, 0.29) is 0 Å². The molecular formula is C17H21N3. The van der Waals surface area contributed by atoms with E-state index in [1.165, 1.54) is 17.5 Å². The number of aromatic nitrogens is 1. The van der Waals surface area contributed by atoms with Crippen molar-refractivity contribution in [3.8, 4) is 0 Å². The number of hydrogen-bond acceptors (Lipinski definition) is 3. The second-order valence-corrected chi connectivity index (χ2v) is 5.39. The van der Waals surface area contributed by atoms with Crippen LogP contribution in [-0.4, -0.2) is 30.0 Å². The van der Waals surface area contributed by atoms with Gasteiger partial charge in [0.2, 0.25) is 0 Å². The summed E-state index contributed by atoms with van der Waals surface area (Å²) in [7, 11) is 1.93. The smallest absolute Gasteiger partial charge is 0.130 e. The summed E-state index contributed by atoms with van der Waals surface area (Å²) in [5.74, 6) is 1.67. The monoisotopic (exact) mass is 267 g/mol. The maximum atomic E-state index is 4.38. The zero-order chi connectivity index (χ0) is 13.8. The number of benzene rings is 1. The van der Waals surface area contributed by atoms with E-state index in [9.17, 15) is 0 Å². The van der Waals surface area contributed by atoms with Gasteiger partial charge in [-0.1, -0.05) is 36.4 Å². The number of nitrogens with zero attached hydrogens (tertiary/aromatic N) is 2. The Morgan fingerprint density at radius 3 is 2.85 bits per heavy atom. The second-order valence-electron chi connectivity index (χ2n) is 5.39. The van der Waals surface area contributed by atoms with Crippen molar-refractivity contribution >= 4 is 5.82 Å². The third kappa shape index (κ3) is 2.83. The van der Waals surface area contributed by atoms with Crippen LogP contribution in [0.5, 0.6) is 0 Å². The van der Waals surface area contributed by atoms with Gasteiger partial charge in [0.05, 0.1) is 0 Å². The van der Waals surface area contributed by atoms with Crippen molar-refractivity contribution in [3.05, 3.63) is 59.8 Å². The molecule has 0 aliphatic carbocycles. The molecule has 1 saturated heterocycles. The Morgan fingerprint density at radius 1 is 1.20 bits per heavy atom. The van der Waals surface area contributed by atoms with Crippen LogP contribution in [0.25, 0.3) is 0 Å². The molecule has 1 N–H and O–H groups in total. The van der Waals surface area contributed by atoms with Gasteiger partial charge < -0.3 is 5.32 Å². The zero-order valence-electron chi connectivity index (χ0n) is 11.9. The van der Waals surface area contributed by atoms with Gasteiger partial charge in [-0.15, -0.1) is 0 Å². The molecule has 3 heteroatoms. The molecular weight excluding hydrogens is 246 g/mol. The average Bonchev–Trinajstić information content (AvgIpc) is 2.97. The van der Waals surface area contributed by atoms with Gasteiger partial charge in [-0.25, -0.2) is 4.98 Å². The van der Waals surface area contributed by atoms with Gasteiger partial charge in [0.1, 0.15) is 5.82 Å². The molecule has 0 saturated carbocycles. The Labute approximate surface area is 120 Å². The highest BCUT2D eigenvalue weighted by Crippen LogP contribution is 2.28. The predicted octanol–water partition coefficient (Wildman–Crippen LogP) is 3.11. The molecule has 104 valence electrons. The molecule has 1 aromatic carbocycles. The van der Waals surface area contributed by atoms with Gasteiger partial charge in [-0.3, -0.25) is 4.90 Å². The van der Waals surface area contributed by atoms with Gasteiger partial charge in [-0.2, -0.15) is 0 Å². The van der Waals surface area contributed by atoms with Crippen LogP contribution in [0.3, 0.4) is 0 Å². The standard InChI is InChI=1S/C17H21N3/c1-18-17-16(8-5-10-19-17)13-20-11-9-15(12-20)14-6-3-2-4-7-14/h2-8,10,15H,9,11-13H2,1H3,(H,18,19). The summed E-state index contributed by atoms with van der Waals surface area (Å²) in [5.41, 5.74) is 2.75. The van der Waals surface area contributed by atoms with Crippen molar-refractivity contribution in [2.75, 3.05) is 25.5 Å². The SMILES string of the molecule is CNc1ncccc1CN1CCC(c2ccccc2)C1. The maximum absolute atomic E-state index is 4.38. The molecule has 1 aliphatic rings. The van der Waals surface area contributed by atoms with Crippen LogP contribution < -0.4 is 5.32 Å². The fourth-order valence-corrected chi connectivity index (χ4v) is 3.01. The number of anilines is 1. The lowest BCUT2D eigenvalue weighted by atomic mass is 9.99. The highest BCUT2D eigenvalue weighted by Gasteiger charge is 2.24. The van der Waals surface area contributed by atoms with E-state index in [4.69, 9.17) is 0 Å². The first-order valence-electron chi connectivity index (χ1n) is 7.26. The van der Waals surface area contributed by atoms with Crippen molar-refractivity contribution in [3.63, 3.8) is 0 Å². The fraction of sp³-hybridized carbons (Fsp3) is 0.353. The summed E-state index contributed by atoms with van der Waals surface area (Å²) in [6.45, 7) is 3.28. The molecule has 0 spiro atoms. The first-order valence-corrected chi connectivity index (χ1v) is 7.26. The zero-order valence-corrected chi connectivity index (χ0v) is 11.9. The van der Waals surface area contributed by atoms with E-state index in [0.717, 1.165) is 25.5 Å². The normalized spacial score (nSPS) is 19.1. The van der Waals surface area contributed by atoms with Gasteiger partial charge in [-0.05, 0) is 30.5 Å². The van der Waals surface area contributed by atoms with E-state index in [1.54, 1.807) is 0 Å². The number of pyridine rings is 1. The van der Waals surface area contributed by atoms with E-state index in [1.807, 2.05) is 19.3 Å². The number of hydrogen-bond donors (Lipinski definition) is 1. The Hall–Kier alpha value is -1.87. The molecule has 0 bridgehead atoms. The molecule has 0 radical (unpaired) electrons. The lowest BCUT2D eigenvalue weighted by molar-refractivity contribution is 0.327. The molecule has 20 heavy (non-hydrogen) atoms. The van der Waals surface area contributed by atoms with Crippen molar-refractivity contribution < 1.29 is 0 Å². The van der Waals surface area contributed by atoms with Crippen LogP contribution >= 0.6 is 0 Å². The molecule has 1 aromatic heterocycles. The number of likely N-dealkylation sites (tertiary alicyclic amines) is 1. The van der Waals surface area contributed by atoms with E-state index in [0.29, 0.717) is 5.92 Å². The third-order valence-corrected chi connectivity index (χ3v) is 4.07. The summed E-state index contributed by atoms with van der Waals surface area (Å²) in [5, 5.41) is 3.17. The van der Waals surface area contributed by atoms with Crippen LogP contribution in [-0.2, 0) is 6.54 Å². The van der Waals surface area contributed by atoms with Crippen molar-refractivity contribution in [2.45, 2.75) is 18.9 Å². The molecule has 1 fully saturated rings. The van der Waals surface area contributed by atoms with E-state index >= 15 is 0 Å². The Balaban J connectivity index is 1.66. The molecule has 2 aromatic rings. The highest BCUT2D eigenvalue weighted by atomic mass is 15.1. The quantitative estimate of drug-likeness (QED) is 0.922. The number of rotatable bonds is 4. The molecule has 1 unspecified atom stereocenters. The van der Waals surface area contributed by atoms with Gasteiger partial charge in [0.25, 0.3) is 0 Å². The first kappa shape index (κ1) is 13.1. The van der Waals surface area contributed by atoms with Gasteiger partial charge >= 0.3 is 0 Å². The van der Waals surface area contributed by atoms with E-state index in [2.05, 4.69) is 51.6 Å². The highest BCUT2D eigenvalue weighted by molar-refractivity contribution is 5.42. The molecule has 0 amide bonds. The predicted molar refractivity (Wildman–Crippen MR) is 82.9 cm³/mol. The van der Waals surface area contributed by atoms with Crippen LogP contribution in [0.15, 0.2) is 48.7 Å². The summed E-state index contributed by atoms with van der Waals surface area (Å²) in [6.07, 6.45) is 3.09. The van der Waals surface area contributed by atoms with Crippen LogP contribution in [0.4, 0.5) is 5.82 Å². The van der Waals surface area contributed by atoms with Crippen LogP contribution in [0.2, 0.25) is 0 Å². The van der Waals surface area contributed by atoms with E-state index < -0.39 is 0 Å². The maximum Gasteiger partial charge on any atom is 0.130 e. The molecule has 1 aliphatic heterocycles. The van der Waals surface area contributed by atoms with Crippen molar-refractivity contribution in [1.29, 1.82) is 0 Å². The largest absolute Gasteiger partial charge is 0.373 e. The Bertz CT molecular complexity index is 553. The second kappa shape index (κ2) is 6.06. The topological polar surface area (TPSA) is 28.2 Å². The molecule has 1 atom stereocenters. The van der Waals surface area contributed by atoms with Crippen LogP contribution in [0.1, 0.15) is 23.5 Å². The minimum Gasteiger partial charge on any atom is -0.373 e. The van der Waals surface area contributed by atoms with Crippen molar-refractivity contribution in [2.24, 2.45) is 0 Å². The Morgan fingerprint density at radius 2 is 2.05 bits per heavy atom. The Kier molecular flexibility index (Phi) is 3.97. The third-order valence-electron chi connectivity index (χ3n) is 4.07.